The lowest BCUT2D eigenvalue weighted by Crippen LogP contribution is -2.41. The van der Waals surface area contributed by atoms with Gasteiger partial charge in [-0.1, -0.05) is 6.92 Å². The molecule has 62 valence electrons. The van der Waals surface area contributed by atoms with Gasteiger partial charge in [-0.2, -0.15) is 0 Å². The Morgan fingerprint density at radius 1 is 1.70 bits per heavy atom. The first kappa shape index (κ1) is 12.4. The second-order valence-electron chi connectivity index (χ2n) is 2.29. The minimum Gasteiger partial charge on any atom is -0.480 e. The number of hydrogen-bond donors (Lipinski definition) is 2. The summed E-state index contributed by atoms with van der Waals surface area (Å²) in [5.74, 6) is -0.257. The molecule has 4 heteroatoms. The number of carboxylic acid groups (broad SMARTS) is 1. The molecule has 0 rings (SSSR count). The first-order valence-electron chi connectivity index (χ1n) is 2.94. The zero-order valence-corrected chi connectivity index (χ0v) is 7.27. The number of halogens is 1. The summed E-state index contributed by atoms with van der Waals surface area (Å²) in [5, 5.41) is 8.12. The van der Waals surface area contributed by atoms with E-state index in [-0.39, 0.29) is 0 Å². The molecule has 0 aromatic rings. The molecular formula is C6H14ClNO2. The Bertz CT molecular complexity index is 98.4. The third-order valence-electron chi connectivity index (χ3n) is 0.551. The van der Waals surface area contributed by atoms with Crippen molar-refractivity contribution in [2.45, 2.75) is 26.3 Å². The molecule has 3 N–H and O–H groups in total. The van der Waals surface area contributed by atoms with E-state index in [1.807, 2.05) is 6.92 Å². The first-order valence-corrected chi connectivity index (χ1v) is 3.48. The average molecular weight is 168 g/mol. The molecule has 3 nitrogen and oxygen atoms in total. The van der Waals surface area contributed by atoms with Gasteiger partial charge in [0.15, 0.2) is 0 Å². The fourth-order valence-electron chi connectivity index (χ4n) is 0. The molecule has 10 heavy (non-hydrogen) atoms. The van der Waals surface area contributed by atoms with E-state index in [1.165, 1.54) is 13.8 Å². The van der Waals surface area contributed by atoms with Gasteiger partial charge in [0.2, 0.25) is 0 Å². The van der Waals surface area contributed by atoms with Crippen molar-refractivity contribution in [3.8, 4) is 0 Å². The van der Waals surface area contributed by atoms with Gasteiger partial charge >= 0.3 is 5.97 Å². The van der Waals surface area contributed by atoms with Gasteiger partial charge in [-0.05, 0) is 13.8 Å². The summed E-state index contributed by atoms with van der Waals surface area (Å²) in [5.41, 5.74) is 4.00. The molecule has 0 radical (unpaired) electrons. The largest absolute Gasteiger partial charge is 0.480 e. The van der Waals surface area contributed by atoms with Crippen LogP contribution in [0, 0.1) is 0 Å². The number of nitrogens with two attached hydrogens (primary N) is 1. The number of alkyl halides is 1. The molecule has 0 unspecified atom stereocenters. The topological polar surface area (TPSA) is 63.3 Å². The van der Waals surface area contributed by atoms with Gasteiger partial charge in [0.05, 0.1) is 0 Å². The smallest absolute Gasteiger partial charge is 0.323 e. The maximum atomic E-state index is 9.90. The Hall–Kier alpha value is -0.280. The summed E-state index contributed by atoms with van der Waals surface area (Å²) in [6.45, 7) is 4.77. The molecule has 0 aliphatic heterocycles. The Kier molecular flexibility index (Phi) is 6.82. The van der Waals surface area contributed by atoms with Crippen LogP contribution in [0.5, 0.6) is 0 Å². The Balaban J connectivity index is 0. The Morgan fingerprint density at radius 3 is 1.80 bits per heavy atom. The van der Waals surface area contributed by atoms with Gasteiger partial charge in [0.25, 0.3) is 0 Å². The highest BCUT2D eigenvalue weighted by Gasteiger charge is 2.19. The molecular weight excluding hydrogens is 154 g/mol. The van der Waals surface area contributed by atoms with Gasteiger partial charge in [-0.15, -0.1) is 11.6 Å². The molecule has 0 saturated carbocycles. The zero-order valence-electron chi connectivity index (χ0n) is 6.52. The van der Waals surface area contributed by atoms with Crippen molar-refractivity contribution < 1.29 is 9.90 Å². The number of carboxylic acids is 1. The number of rotatable bonds is 1. The third-order valence-corrected chi connectivity index (χ3v) is 0.551. The lowest BCUT2D eigenvalue weighted by atomic mass is 10.1. The Labute approximate surface area is 66.2 Å². The molecule has 0 aliphatic carbocycles. The van der Waals surface area contributed by atoms with E-state index in [2.05, 4.69) is 0 Å². The van der Waals surface area contributed by atoms with Crippen LogP contribution in [0.2, 0.25) is 0 Å². The van der Waals surface area contributed by atoms with E-state index < -0.39 is 11.5 Å². The van der Waals surface area contributed by atoms with Crippen LogP contribution in [-0.4, -0.2) is 22.5 Å². The van der Waals surface area contributed by atoms with Gasteiger partial charge < -0.3 is 10.8 Å². The van der Waals surface area contributed by atoms with E-state index in [4.69, 9.17) is 22.4 Å². The third kappa shape index (κ3) is 10.7. The standard InChI is InChI=1S/C4H9NO2.C2H5Cl/c1-4(2,5)3(6)7;1-2-3/h5H2,1-2H3,(H,6,7);2H2,1H3. The molecule has 0 amide bonds. The van der Waals surface area contributed by atoms with Crippen LogP contribution in [0.15, 0.2) is 0 Å². The van der Waals surface area contributed by atoms with Crippen LogP contribution in [0.3, 0.4) is 0 Å². The Morgan fingerprint density at radius 2 is 1.80 bits per heavy atom. The highest BCUT2D eigenvalue weighted by Crippen LogP contribution is 1.93. The highest BCUT2D eigenvalue weighted by molar-refractivity contribution is 6.17. The summed E-state index contributed by atoms with van der Waals surface area (Å²) in [6.07, 6.45) is 0. The van der Waals surface area contributed by atoms with E-state index in [1.54, 1.807) is 0 Å². The predicted molar refractivity (Wildman–Crippen MR) is 42.3 cm³/mol. The monoisotopic (exact) mass is 167 g/mol. The van der Waals surface area contributed by atoms with Crippen LogP contribution < -0.4 is 5.73 Å². The van der Waals surface area contributed by atoms with Crippen LogP contribution in [-0.2, 0) is 4.79 Å². The SMILES string of the molecule is CC(C)(N)C(=O)O.CCCl. The molecule has 0 spiro atoms. The zero-order chi connectivity index (χ0) is 8.78. The molecule has 0 aliphatic rings. The van der Waals surface area contributed by atoms with Crippen LogP contribution >= 0.6 is 11.6 Å². The number of carbonyl (C=O) groups is 1. The molecule has 0 aromatic heterocycles. The number of hydrogen-bond acceptors (Lipinski definition) is 2. The quantitative estimate of drug-likeness (QED) is 0.574. The van der Waals surface area contributed by atoms with E-state index in [0.29, 0.717) is 0 Å². The van der Waals surface area contributed by atoms with E-state index >= 15 is 0 Å². The summed E-state index contributed by atoms with van der Waals surface area (Å²) < 4.78 is 0. The summed E-state index contributed by atoms with van der Waals surface area (Å²) >= 11 is 5.00. The predicted octanol–water partition coefficient (Wildman–Crippen LogP) is 1.05. The van der Waals surface area contributed by atoms with E-state index in [0.717, 1.165) is 5.88 Å². The van der Waals surface area contributed by atoms with Crippen LogP contribution in [0.4, 0.5) is 0 Å². The lowest BCUT2D eigenvalue weighted by Gasteiger charge is -2.09. The fraction of sp³-hybridized carbons (Fsp3) is 0.833. The summed E-state index contributed by atoms with van der Waals surface area (Å²) in [7, 11) is 0. The second-order valence-corrected chi connectivity index (χ2v) is 2.83. The average Bonchev–Trinajstić information content (AvgIpc) is 1.64. The highest BCUT2D eigenvalue weighted by atomic mass is 35.5. The van der Waals surface area contributed by atoms with Crippen LogP contribution in [0.1, 0.15) is 20.8 Å². The second kappa shape index (κ2) is 5.50. The number of aliphatic carboxylic acids is 1. The molecule has 0 atom stereocenters. The fourth-order valence-corrected chi connectivity index (χ4v) is 0. The molecule has 0 bridgehead atoms. The van der Waals surface area contributed by atoms with Gasteiger partial charge in [0.1, 0.15) is 5.54 Å². The van der Waals surface area contributed by atoms with Crippen molar-refractivity contribution in [1.82, 2.24) is 0 Å². The maximum Gasteiger partial charge on any atom is 0.323 e. The van der Waals surface area contributed by atoms with Crippen molar-refractivity contribution in [2.75, 3.05) is 5.88 Å². The molecule has 0 fully saturated rings. The first-order chi connectivity index (χ1) is 4.36. The maximum absolute atomic E-state index is 9.90. The van der Waals surface area contributed by atoms with Crippen molar-refractivity contribution in [3.63, 3.8) is 0 Å². The van der Waals surface area contributed by atoms with Crippen molar-refractivity contribution in [1.29, 1.82) is 0 Å². The molecule has 0 aromatic carbocycles. The van der Waals surface area contributed by atoms with E-state index in [9.17, 15) is 4.79 Å². The van der Waals surface area contributed by atoms with Gasteiger partial charge in [-0.25, -0.2) is 0 Å². The van der Waals surface area contributed by atoms with Gasteiger partial charge in [0, 0.05) is 5.88 Å². The van der Waals surface area contributed by atoms with Crippen molar-refractivity contribution >= 4 is 17.6 Å². The molecule has 0 saturated heterocycles. The van der Waals surface area contributed by atoms with Crippen molar-refractivity contribution in [2.24, 2.45) is 5.73 Å². The van der Waals surface area contributed by atoms with Crippen LogP contribution in [0.25, 0.3) is 0 Å². The van der Waals surface area contributed by atoms with Crippen molar-refractivity contribution in [3.05, 3.63) is 0 Å². The summed E-state index contributed by atoms with van der Waals surface area (Å²) in [6, 6.07) is 0. The minimum absolute atomic E-state index is 0.722. The lowest BCUT2D eigenvalue weighted by molar-refractivity contribution is -0.141. The van der Waals surface area contributed by atoms with Gasteiger partial charge in [-0.3, -0.25) is 4.79 Å². The normalized spacial score (nSPS) is 9.70. The molecule has 0 heterocycles. The minimum atomic E-state index is -1.08. The summed E-state index contributed by atoms with van der Waals surface area (Å²) in [4.78, 5) is 9.90.